The van der Waals surface area contributed by atoms with Crippen molar-refractivity contribution >= 4 is 11.6 Å². The van der Waals surface area contributed by atoms with Crippen LogP contribution in [0, 0.1) is 0 Å². The van der Waals surface area contributed by atoms with E-state index in [1.165, 1.54) is 11.1 Å². The zero-order valence-corrected chi connectivity index (χ0v) is 13.4. The second kappa shape index (κ2) is 7.03. The lowest BCUT2D eigenvalue weighted by atomic mass is 10.0. The van der Waals surface area contributed by atoms with E-state index in [2.05, 4.69) is 11.4 Å². The summed E-state index contributed by atoms with van der Waals surface area (Å²) in [6.45, 7) is 1.65. The van der Waals surface area contributed by atoms with Crippen molar-refractivity contribution in [1.82, 2.24) is 5.32 Å². The average Bonchev–Trinajstić information content (AvgIpc) is 2.56. The molecule has 1 aliphatic rings. The fraction of sp³-hybridized carbons (Fsp3) is 0.333. The van der Waals surface area contributed by atoms with Gasteiger partial charge in [0.25, 0.3) is 0 Å². The maximum Gasteiger partial charge on any atom is 0.126 e. The van der Waals surface area contributed by atoms with Crippen LogP contribution in [0.25, 0.3) is 0 Å². The molecule has 2 aromatic carbocycles. The van der Waals surface area contributed by atoms with Crippen LogP contribution in [0.1, 0.15) is 17.5 Å². The van der Waals surface area contributed by atoms with Crippen LogP contribution in [0.15, 0.2) is 42.5 Å². The highest BCUT2D eigenvalue weighted by atomic mass is 35.5. The van der Waals surface area contributed by atoms with Crippen LogP contribution in [0.5, 0.6) is 11.5 Å². The molecule has 1 aliphatic heterocycles. The third-order valence-electron chi connectivity index (χ3n) is 3.92. The van der Waals surface area contributed by atoms with E-state index in [4.69, 9.17) is 21.1 Å². The Kier molecular flexibility index (Phi) is 4.86. The number of methoxy groups -OCH3 is 1. The standard InChI is InChI=1S/C18H20ClNO2/c1-21-16-8-4-14-5-9-17(22-18(14)10-16)12-20-11-13-2-6-15(19)7-3-13/h2-4,6-8,10,17,20H,5,9,11-12H2,1H3/t17-/m0/s1. The maximum absolute atomic E-state index is 6.07. The van der Waals surface area contributed by atoms with Gasteiger partial charge in [-0.15, -0.1) is 0 Å². The van der Waals surface area contributed by atoms with Crippen molar-refractivity contribution in [3.8, 4) is 11.5 Å². The molecule has 0 unspecified atom stereocenters. The highest BCUT2D eigenvalue weighted by Crippen LogP contribution is 2.31. The van der Waals surface area contributed by atoms with Gasteiger partial charge in [0.1, 0.15) is 17.6 Å². The summed E-state index contributed by atoms with van der Waals surface area (Å²) >= 11 is 5.89. The Balaban J connectivity index is 1.52. The summed E-state index contributed by atoms with van der Waals surface area (Å²) in [5.74, 6) is 1.79. The van der Waals surface area contributed by atoms with Crippen molar-refractivity contribution in [2.45, 2.75) is 25.5 Å². The lowest BCUT2D eigenvalue weighted by molar-refractivity contribution is 0.169. The molecule has 1 atom stereocenters. The Bertz CT molecular complexity index is 627. The van der Waals surface area contributed by atoms with Crippen molar-refractivity contribution < 1.29 is 9.47 Å². The van der Waals surface area contributed by atoms with Crippen LogP contribution >= 0.6 is 11.6 Å². The first-order valence-corrected chi connectivity index (χ1v) is 7.91. The second-order valence-electron chi connectivity index (χ2n) is 5.51. The van der Waals surface area contributed by atoms with Gasteiger partial charge in [0, 0.05) is 24.2 Å². The molecule has 116 valence electrons. The molecule has 0 aromatic heterocycles. The molecule has 0 spiro atoms. The summed E-state index contributed by atoms with van der Waals surface area (Å²) in [5, 5.41) is 4.22. The Morgan fingerprint density at radius 1 is 1.23 bits per heavy atom. The molecule has 0 aliphatic carbocycles. The first-order valence-electron chi connectivity index (χ1n) is 7.53. The van der Waals surface area contributed by atoms with Crippen molar-refractivity contribution in [2.24, 2.45) is 0 Å². The Morgan fingerprint density at radius 3 is 2.82 bits per heavy atom. The molecule has 1 N–H and O–H groups in total. The zero-order valence-electron chi connectivity index (χ0n) is 12.6. The van der Waals surface area contributed by atoms with E-state index in [0.29, 0.717) is 0 Å². The van der Waals surface area contributed by atoms with Crippen LogP contribution in [0.2, 0.25) is 5.02 Å². The molecule has 3 rings (SSSR count). The minimum absolute atomic E-state index is 0.201. The number of nitrogens with one attached hydrogen (secondary N) is 1. The van der Waals surface area contributed by atoms with Gasteiger partial charge in [-0.2, -0.15) is 0 Å². The molecule has 0 saturated carbocycles. The van der Waals surface area contributed by atoms with E-state index in [0.717, 1.165) is 42.5 Å². The van der Waals surface area contributed by atoms with E-state index in [-0.39, 0.29) is 6.10 Å². The molecular formula is C18H20ClNO2. The third kappa shape index (κ3) is 3.73. The van der Waals surface area contributed by atoms with Crippen molar-refractivity contribution in [3.05, 3.63) is 58.6 Å². The predicted octanol–water partition coefficient (Wildman–Crippen LogP) is 3.83. The summed E-state index contributed by atoms with van der Waals surface area (Å²) < 4.78 is 11.3. The summed E-state index contributed by atoms with van der Waals surface area (Å²) in [6, 6.07) is 14.0. The first kappa shape index (κ1) is 15.2. The van der Waals surface area contributed by atoms with Gasteiger partial charge in [0.15, 0.2) is 0 Å². The van der Waals surface area contributed by atoms with E-state index in [1.807, 2.05) is 36.4 Å². The van der Waals surface area contributed by atoms with Crippen LogP contribution in [0.4, 0.5) is 0 Å². The summed E-state index contributed by atoms with van der Waals surface area (Å²) in [5.41, 5.74) is 2.48. The van der Waals surface area contributed by atoms with Crippen molar-refractivity contribution in [1.29, 1.82) is 0 Å². The molecule has 4 heteroatoms. The summed E-state index contributed by atoms with van der Waals surface area (Å²) in [4.78, 5) is 0. The van der Waals surface area contributed by atoms with Gasteiger partial charge in [-0.05, 0) is 42.2 Å². The number of ether oxygens (including phenoxy) is 2. The molecule has 1 heterocycles. The molecular weight excluding hydrogens is 298 g/mol. The normalized spacial score (nSPS) is 16.7. The monoisotopic (exact) mass is 317 g/mol. The molecule has 3 nitrogen and oxygen atoms in total. The molecule has 2 aromatic rings. The molecule has 0 fully saturated rings. The SMILES string of the molecule is COc1ccc2c(c1)O[C@H](CNCc1ccc(Cl)cc1)CC2. The quantitative estimate of drug-likeness (QED) is 0.909. The second-order valence-corrected chi connectivity index (χ2v) is 5.95. The van der Waals surface area contributed by atoms with Gasteiger partial charge in [0.2, 0.25) is 0 Å². The summed E-state index contributed by atoms with van der Waals surface area (Å²) in [6.07, 6.45) is 2.28. The van der Waals surface area contributed by atoms with Crippen LogP contribution in [-0.4, -0.2) is 19.8 Å². The minimum Gasteiger partial charge on any atom is -0.497 e. The smallest absolute Gasteiger partial charge is 0.126 e. The largest absolute Gasteiger partial charge is 0.497 e. The highest BCUT2D eigenvalue weighted by molar-refractivity contribution is 6.30. The van der Waals surface area contributed by atoms with Gasteiger partial charge in [0.05, 0.1) is 7.11 Å². The molecule has 0 radical (unpaired) electrons. The topological polar surface area (TPSA) is 30.5 Å². The lowest BCUT2D eigenvalue weighted by Gasteiger charge is -2.26. The lowest BCUT2D eigenvalue weighted by Crippen LogP contribution is -2.33. The van der Waals surface area contributed by atoms with Crippen molar-refractivity contribution in [3.63, 3.8) is 0 Å². The van der Waals surface area contributed by atoms with Crippen LogP contribution in [-0.2, 0) is 13.0 Å². The molecule has 0 amide bonds. The number of hydrogen-bond donors (Lipinski definition) is 1. The highest BCUT2D eigenvalue weighted by Gasteiger charge is 2.19. The number of benzene rings is 2. The Hall–Kier alpha value is -1.71. The number of hydrogen-bond acceptors (Lipinski definition) is 3. The Morgan fingerprint density at radius 2 is 2.05 bits per heavy atom. The van der Waals surface area contributed by atoms with Crippen molar-refractivity contribution in [2.75, 3.05) is 13.7 Å². The predicted molar refractivity (Wildman–Crippen MR) is 88.9 cm³/mol. The third-order valence-corrected chi connectivity index (χ3v) is 4.17. The van der Waals surface area contributed by atoms with Crippen LogP contribution in [0.3, 0.4) is 0 Å². The Labute approximate surface area is 136 Å². The van der Waals surface area contributed by atoms with E-state index in [9.17, 15) is 0 Å². The van der Waals surface area contributed by atoms with Gasteiger partial charge in [-0.3, -0.25) is 0 Å². The number of aryl methyl sites for hydroxylation is 1. The van der Waals surface area contributed by atoms with Gasteiger partial charge < -0.3 is 14.8 Å². The zero-order chi connectivity index (χ0) is 15.4. The number of rotatable bonds is 5. The average molecular weight is 318 g/mol. The van der Waals surface area contributed by atoms with Gasteiger partial charge in [-0.1, -0.05) is 29.8 Å². The number of fused-ring (bicyclic) bond motifs is 1. The first-order chi connectivity index (χ1) is 10.7. The molecule has 0 saturated heterocycles. The fourth-order valence-corrected chi connectivity index (χ4v) is 2.78. The number of halogens is 1. The minimum atomic E-state index is 0.201. The summed E-state index contributed by atoms with van der Waals surface area (Å²) in [7, 11) is 1.68. The van der Waals surface area contributed by atoms with Gasteiger partial charge in [-0.25, -0.2) is 0 Å². The van der Waals surface area contributed by atoms with E-state index < -0.39 is 0 Å². The maximum atomic E-state index is 6.07. The van der Waals surface area contributed by atoms with Gasteiger partial charge >= 0.3 is 0 Å². The fourth-order valence-electron chi connectivity index (χ4n) is 2.66. The molecule has 22 heavy (non-hydrogen) atoms. The van der Waals surface area contributed by atoms with E-state index in [1.54, 1.807) is 7.11 Å². The molecule has 0 bridgehead atoms. The van der Waals surface area contributed by atoms with E-state index >= 15 is 0 Å². The van der Waals surface area contributed by atoms with Crippen LogP contribution < -0.4 is 14.8 Å².